The van der Waals surface area contributed by atoms with Gasteiger partial charge in [0.2, 0.25) is 0 Å². The third-order valence-corrected chi connectivity index (χ3v) is 6.38. The topological polar surface area (TPSA) is 41.5 Å². The maximum Gasteiger partial charge on any atom is 0.149 e. The van der Waals surface area contributed by atoms with E-state index >= 15 is 0 Å². The molecule has 7 heteroatoms. The maximum absolute atomic E-state index is 14.2. The zero-order valence-electron chi connectivity index (χ0n) is 17.2. The summed E-state index contributed by atoms with van der Waals surface area (Å²) in [5, 5.41) is 4.07. The van der Waals surface area contributed by atoms with Crippen molar-refractivity contribution in [2.45, 2.75) is 33.4 Å². The summed E-state index contributed by atoms with van der Waals surface area (Å²) in [5.41, 5.74) is 3.49. The Morgan fingerprint density at radius 1 is 1.21 bits per heavy atom. The van der Waals surface area contributed by atoms with Crippen molar-refractivity contribution in [3.8, 4) is 0 Å². The Hall–Kier alpha value is -2.09. The number of fused-ring (bicyclic) bond motifs is 1. The van der Waals surface area contributed by atoms with Gasteiger partial charge in [0, 0.05) is 61.5 Å². The molecule has 0 bridgehead atoms. The number of piperazine rings is 1. The van der Waals surface area contributed by atoms with Gasteiger partial charge in [-0.05, 0) is 32.9 Å². The molecule has 1 unspecified atom stereocenters. The molecule has 1 saturated heterocycles. The fourth-order valence-electron chi connectivity index (χ4n) is 3.86. The van der Waals surface area contributed by atoms with Gasteiger partial charge in [0.15, 0.2) is 0 Å². The number of anilines is 1. The normalized spacial score (nSPS) is 16.5. The number of rotatable bonds is 6. The molecule has 154 valence electrons. The monoisotopic (exact) mass is 414 g/mol. The van der Waals surface area contributed by atoms with E-state index in [0.29, 0.717) is 12.1 Å². The number of aromatic nitrogens is 2. The first kappa shape index (κ1) is 20.2. The first-order valence-corrected chi connectivity index (χ1v) is 11.0. The number of hydrogen-bond donors (Lipinski definition) is 0. The molecule has 4 rings (SSSR count). The quantitative estimate of drug-likeness (QED) is 0.592. The van der Waals surface area contributed by atoms with E-state index in [2.05, 4.69) is 33.2 Å². The van der Waals surface area contributed by atoms with Crippen LogP contribution < -0.4 is 4.90 Å². The lowest BCUT2D eigenvalue weighted by molar-refractivity contribution is 0.0760. The summed E-state index contributed by atoms with van der Waals surface area (Å²) in [6.45, 7) is 11.2. The maximum atomic E-state index is 14.2. The molecule has 0 N–H and O–H groups in total. The van der Waals surface area contributed by atoms with Crippen molar-refractivity contribution in [3.05, 3.63) is 51.9 Å². The second-order valence-corrected chi connectivity index (χ2v) is 8.35. The molecule has 1 aliphatic heterocycles. The summed E-state index contributed by atoms with van der Waals surface area (Å²) in [6.07, 6.45) is 0.0548. The van der Waals surface area contributed by atoms with Crippen LogP contribution in [0.5, 0.6) is 0 Å². The Morgan fingerprint density at radius 3 is 2.76 bits per heavy atom. The van der Waals surface area contributed by atoms with Crippen molar-refractivity contribution in [3.63, 3.8) is 0 Å². The number of thiazole rings is 1. The number of pyridine rings is 1. The third-order valence-electron chi connectivity index (χ3n) is 5.33. The number of benzene rings is 1. The van der Waals surface area contributed by atoms with Gasteiger partial charge in [-0.2, -0.15) is 0 Å². The van der Waals surface area contributed by atoms with Crippen LogP contribution in [0.25, 0.3) is 10.9 Å². The van der Waals surface area contributed by atoms with Gasteiger partial charge in [-0.15, -0.1) is 11.3 Å². The number of para-hydroxylation sites is 1. The Morgan fingerprint density at radius 2 is 2.00 bits per heavy atom. The number of aryl methyl sites for hydroxylation is 1. The third kappa shape index (κ3) is 4.42. The minimum absolute atomic E-state index is 0.0548. The van der Waals surface area contributed by atoms with Gasteiger partial charge in [0.05, 0.1) is 5.69 Å². The van der Waals surface area contributed by atoms with E-state index in [1.54, 1.807) is 17.4 Å². The van der Waals surface area contributed by atoms with Gasteiger partial charge >= 0.3 is 0 Å². The summed E-state index contributed by atoms with van der Waals surface area (Å²) < 4.78 is 19.9. The predicted octanol–water partition coefficient (Wildman–Crippen LogP) is 4.56. The van der Waals surface area contributed by atoms with Gasteiger partial charge in [-0.3, -0.25) is 4.90 Å². The molecule has 1 aromatic carbocycles. The minimum atomic E-state index is -0.258. The largest absolute Gasteiger partial charge is 0.372 e. The summed E-state index contributed by atoms with van der Waals surface area (Å²) >= 11 is 1.67. The summed E-state index contributed by atoms with van der Waals surface area (Å²) in [6, 6.07) is 7.27. The van der Waals surface area contributed by atoms with Crippen molar-refractivity contribution in [1.29, 1.82) is 0 Å². The lowest BCUT2D eigenvalue weighted by Gasteiger charge is -2.36. The highest BCUT2D eigenvalue weighted by Crippen LogP contribution is 2.29. The molecule has 0 spiro atoms. The van der Waals surface area contributed by atoms with Gasteiger partial charge in [0.25, 0.3) is 0 Å². The van der Waals surface area contributed by atoms with Crippen molar-refractivity contribution < 1.29 is 9.13 Å². The summed E-state index contributed by atoms with van der Waals surface area (Å²) in [4.78, 5) is 13.9. The van der Waals surface area contributed by atoms with Crippen LogP contribution >= 0.6 is 11.3 Å². The average molecular weight is 415 g/mol. The molecule has 1 aliphatic rings. The Kier molecular flexibility index (Phi) is 6.08. The second kappa shape index (κ2) is 8.73. The number of halogens is 1. The average Bonchev–Trinajstić information content (AvgIpc) is 3.18. The number of ether oxygens (including phenoxy) is 1. The van der Waals surface area contributed by atoms with E-state index < -0.39 is 0 Å². The second-order valence-electron chi connectivity index (χ2n) is 7.46. The first-order chi connectivity index (χ1) is 14.0. The highest BCUT2D eigenvalue weighted by molar-refractivity contribution is 7.09. The molecular weight excluding hydrogens is 387 g/mol. The van der Waals surface area contributed by atoms with Crippen LogP contribution in [0.3, 0.4) is 0 Å². The van der Waals surface area contributed by atoms with E-state index in [1.807, 2.05) is 19.9 Å². The van der Waals surface area contributed by atoms with E-state index in [0.717, 1.165) is 60.2 Å². The zero-order valence-corrected chi connectivity index (χ0v) is 18.0. The van der Waals surface area contributed by atoms with Crippen molar-refractivity contribution in [1.82, 2.24) is 14.9 Å². The summed E-state index contributed by atoms with van der Waals surface area (Å²) in [5.74, 6) is -0.258. The lowest BCUT2D eigenvalue weighted by atomic mass is 10.1. The van der Waals surface area contributed by atoms with Crippen molar-refractivity contribution in [2.24, 2.45) is 0 Å². The Labute approximate surface area is 175 Å². The van der Waals surface area contributed by atoms with Crippen molar-refractivity contribution >= 4 is 27.9 Å². The van der Waals surface area contributed by atoms with Crippen LogP contribution in [0, 0.1) is 12.7 Å². The van der Waals surface area contributed by atoms with Crippen LogP contribution in [-0.2, 0) is 11.3 Å². The van der Waals surface area contributed by atoms with Gasteiger partial charge in [-0.1, -0.05) is 12.1 Å². The molecule has 0 radical (unpaired) electrons. The first-order valence-electron chi connectivity index (χ1n) is 10.1. The molecule has 0 aliphatic carbocycles. The molecule has 3 heterocycles. The molecule has 1 fully saturated rings. The lowest BCUT2D eigenvalue weighted by Crippen LogP contribution is -2.46. The van der Waals surface area contributed by atoms with Crippen LogP contribution in [-0.4, -0.2) is 47.7 Å². The number of hydrogen-bond acceptors (Lipinski definition) is 6. The van der Waals surface area contributed by atoms with Gasteiger partial charge in [-0.25, -0.2) is 14.4 Å². The minimum Gasteiger partial charge on any atom is -0.372 e. The molecule has 1 atom stereocenters. The van der Waals surface area contributed by atoms with E-state index in [1.165, 1.54) is 6.07 Å². The highest BCUT2D eigenvalue weighted by atomic mass is 32.1. The van der Waals surface area contributed by atoms with Crippen LogP contribution in [0.15, 0.2) is 29.6 Å². The molecule has 5 nitrogen and oxygen atoms in total. The van der Waals surface area contributed by atoms with E-state index in [9.17, 15) is 4.39 Å². The molecule has 0 saturated carbocycles. The van der Waals surface area contributed by atoms with E-state index in [-0.39, 0.29) is 11.9 Å². The zero-order chi connectivity index (χ0) is 20.4. The summed E-state index contributed by atoms with van der Waals surface area (Å²) in [7, 11) is 0. The Bertz CT molecular complexity index is 984. The molecule has 29 heavy (non-hydrogen) atoms. The highest BCUT2D eigenvalue weighted by Gasteiger charge is 2.21. The molecule has 0 amide bonds. The van der Waals surface area contributed by atoms with Crippen LogP contribution in [0.4, 0.5) is 10.1 Å². The molecular formula is C22H27FN4OS. The van der Waals surface area contributed by atoms with Gasteiger partial charge in [0.1, 0.15) is 22.4 Å². The SMILES string of the molecule is CCOC(C)c1nc(CN2CCN(c3cc(C)nc4c(F)cccc34)CC2)cs1. The molecule has 2 aromatic heterocycles. The standard InChI is InChI=1S/C22H27FN4OS/c1-4-28-16(3)22-25-17(14-29-22)13-26-8-10-27(11-9-26)20-12-15(2)24-21-18(20)6-5-7-19(21)23/h5-7,12,14,16H,4,8-11,13H2,1-3H3. The molecule has 3 aromatic rings. The predicted molar refractivity (Wildman–Crippen MR) is 116 cm³/mol. The van der Waals surface area contributed by atoms with Crippen LogP contribution in [0.2, 0.25) is 0 Å². The van der Waals surface area contributed by atoms with Crippen LogP contribution in [0.1, 0.15) is 36.3 Å². The fraction of sp³-hybridized carbons (Fsp3) is 0.455. The Balaban J connectivity index is 1.43. The number of nitrogens with zero attached hydrogens (tertiary/aromatic N) is 4. The fourth-order valence-corrected chi connectivity index (χ4v) is 4.67. The van der Waals surface area contributed by atoms with E-state index in [4.69, 9.17) is 9.72 Å². The smallest absolute Gasteiger partial charge is 0.149 e. The van der Waals surface area contributed by atoms with Crippen molar-refractivity contribution in [2.75, 3.05) is 37.7 Å². The van der Waals surface area contributed by atoms with Gasteiger partial charge < -0.3 is 9.64 Å².